The number of anilines is 2. The molecule has 0 fully saturated rings. The van der Waals surface area contributed by atoms with Crippen molar-refractivity contribution in [1.82, 2.24) is 4.90 Å². The van der Waals surface area contributed by atoms with Gasteiger partial charge in [-0.05, 0) is 39.8 Å². The standard InChI is InChI=1S/C20H35N5O/c1-8-25(9-2)18-11-12-19(20(15-18)26-10-3)24(7)22-17(4)16-23(6)14-13-21-5/h11-15,21H,8-10,16H2,1-7H3/p+1/b14-13-,22-17+. The zero-order chi connectivity index (χ0) is 19.5. The molecule has 0 spiro atoms. The van der Waals surface area contributed by atoms with Crippen LogP contribution in [0.4, 0.5) is 11.4 Å². The molecule has 6 nitrogen and oxygen atoms in total. The Kier molecular flexibility index (Phi) is 9.58. The first kappa shape index (κ1) is 21.8. The predicted octanol–water partition coefficient (Wildman–Crippen LogP) is 2.34. The molecule has 0 atom stereocenters. The summed E-state index contributed by atoms with van der Waals surface area (Å²) >= 11 is 0. The maximum Gasteiger partial charge on any atom is 0.146 e. The second-order valence-corrected chi connectivity index (χ2v) is 6.21. The summed E-state index contributed by atoms with van der Waals surface area (Å²) in [5.74, 6) is 0.866. The molecule has 1 aromatic carbocycles. The van der Waals surface area contributed by atoms with Crippen LogP contribution in [-0.2, 0) is 0 Å². The quantitative estimate of drug-likeness (QED) is 0.485. The highest BCUT2D eigenvalue weighted by atomic mass is 16.5. The lowest BCUT2D eigenvalue weighted by Crippen LogP contribution is -2.72. The number of rotatable bonds is 11. The van der Waals surface area contributed by atoms with Gasteiger partial charge in [0.25, 0.3) is 0 Å². The first-order valence-corrected chi connectivity index (χ1v) is 9.42. The van der Waals surface area contributed by atoms with E-state index >= 15 is 0 Å². The Balaban J connectivity index is 3.00. The molecule has 1 rings (SSSR count). The lowest BCUT2D eigenvalue weighted by Gasteiger charge is -2.24. The minimum atomic E-state index is 0.631. The monoisotopic (exact) mass is 362 g/mol. The van der Waals surface area contributed by atoms with Crippen molar-refractivity contribution in [2.24, 2.45) is 5.10 Å². The summed E-state index contributed by atoms with van der Waals surface area (Å²) < 4.78 is 5.89. The Morgan fingerprint density at radius 2 is 1.88 bits per heavy atom. The minimum absolute atomic E-state index is 0.631. The van der Waals surface area contributed by atoms with Crippen LogP contribution in [0, 0.1) is 0 Å². The van der Waals surface area contributed by atoms with Crippen molar-refractivity contribution in [2.75, 3.05) is 57.3 Å². The van der Waals surface area contributed by atoms with Crippen molar-refractivity contribution >= 4 is 17.1 Å². The summed E-state index contributed by atoms with van der Waals surface area (Å²) in [5.41, 5.74) is 3.19. The number of ether oxygens (including phenoxy) is 1. The number of benzene rings is 1. The zero-order valence-electron chi connectivity index (χ0n) is 17.5. The fourth-order valence-corrected chi connectivity index (χ4v) is 2.81. The lowest BCUT2D eigenvalue weighted by molar-refractivity contribution is -0.557. The summed E-state index contributed by atoms with van der Waals surface area (Å²) in [6, 6.07) is 6.34. The maximum atomic E-state index is 5.89. The van der Waals surface area contributed by atoms with Crippen LogP contribution < -0.4 is 20.0 Å². The summed E-state index contributed by atoms with van der Waals surface area (Å²) in [5, 5.41) is 8.64. The maximum absolute atomic E-state index is 5.89. The third-order valence-electron chi connectivity index (χ3n) is 4.05. The SMILES string of the molecule is CCOc1cc(N(CC)CC)ccc1N(C)/N=C(\C)CN(C)/C=C\[NH2+]C. The van der Waals surface area contributed by atoms with Gasteiger partial charge in [0.15, 0.2) is 0 Å². The molecule has 0 aliphatic heterocycles. The molecule has 0 aromatic heterocycles. The van der Waals surface area contributed by atoms with Crippen LogP contribution >= 0.6 is 0 Å². The third kappa shape index (κ3) is 6.59. The molecule has 26 heavy (non-hydrogen) atoms. The van der Waals surface area contributed by atoms with Gasteiger partial charge in [-0.1, -0.05) is 0 Å². The molecule has 0 saturated heterocycles. The van der Waals surface area contributed by atoms with Gasteiger partial charge in [-0.15, -0.1) is 0 Å². The van der Waals surface area contributed by atoms with E-state index < -0.39 is 0 Å². The van der Waals surface area contributed by atoms with E-state index in [0.29, 0.717) is 6.61 Å². The topological polar surface area (TPSA) is 47.9 Å². The highest BCUT2D eigenvalue weighted by Gasteiger charge is 2.12. The molecular weight excluding hydrogens is 326 g/mol. The normalized spacial score (nSPS) is 11.7. The highest BCUT2D eigenvalue weighted by molar-refractivity contribution is 5.85. The number of nitrogens with zero attached hydrogens (tertiary/aromatic N) is 4. The van der Waals surface area contributed by atoms with Crippen molar-refractivity contribution in [3.8, 4) is 5.75 Å². The summed E-state index contributed by atoms with van der Waals surface area (Å²) in [6.45, 7) is 11.7. The Bertz CT molecular complexity index is 596. The second-order valence-electron chi connectivity index (χ2n) is 6.21. The zero-order valence-corrected chi connectivity index (χ0v) is 17.5. The summed E-state index contributed by atoms with van der Waals surface area (Å²) in [7, 11) is 6.02. The van der Waals surface area contributed by atoms with Crippen molar-refractivity contribution in [3.63, 3.8) is 0 Å². The summed E-state index contributed by atoms with van der Waals surface area (Å²) in [6.07, 6.45) is 4.07. The molecular formula is C20H36N5O+. The van der Waals surface area contributed by atoms with E-state index in [9.17, 15) is 0 Å². The third-order valence-corrected chi connectivity index (χ3v) is 4.05. The largest absolute Gasteiger partial charge is 0.492 e. The first-order chi connectivity index (χ1) is 12.5. The lowest BCUT2D eigenvalue weighted by atomic mass is 10.2. The van der Waals surface area contributed by atoms with E-state index in [1.165, 1.54) is 5.69 Å². The van der Waals surface area contributed by atoms with Gasteiger partial charge in [-0.3, -0.25) is 5.01 Å². The van der Waals surface area contributed by atoms with E-state index in [0.717, 1.165) is 36.8 Å². The Morgan fingerprint density at radius 1 is 1.19 bits per heavy atom. The average molecular weight is 363 g/mol. The van der Waals surface area contributed by atoms with Crippen LogP contribution in [0.2, 0.25) is 0 Å². The Morgan fingerprint density at radius 3 is 2.46 bits per heavy atom. The summed E-state index contributed by atoms with van der Waals surface area (Å²) in [4.78, 5) is 4.42. The number of quaternary nitrogens is 1. The molecule has 0 aliphatic rings. The van der Waals surface area contributed by atoms with Gasteiger partial charge >= 0.3 is 0 Å². The fraction of sp³-hybridized carbons (Fsp3) is 0.550. The number of hydrazone groups is 1. The molecule has 6 heteroatoms. The average Bonchev–Trinajstić information content (AvgIpc) is 2.61. The van der Waals surface area contributed by atoms with E-state index in [1.54, 1.807) is 0 Å². The second kappa shape index (κ2) is 11.4. The van der Waals surface area contributed by atoms with Crippen LogP contribution in [0.1, 0.15) is 27.7 Å². The Labute approximate surface area is 159 Å². The van der Waals surface area contributed by atoms with E-state index in [1.807, 2.05) is 57.7 Å². The fourth-order valence-electron chi connectivity index (χ4n) is 2.81. The molecule has 0 radical (unpaired) electrons. The highest BCUT2D eigenvalue weighted by Crippen LogP contribution is 2.32. The number of hydrogen-bond donors (Lipinski definition) is 1. The van der Waals surface area contributed by atoms with Gasteiger partial charge in [0.2, 0.25) is 0 Å². The van der Waals surface area contributed by atoms with Crippen LogP contribution in [0.3, 0.4) is 0 Å². The Hall–Kier alpha value is -2.21. The first-order valence-electron chi connectivity index (χ1n) is 9.42. The predicted molar refractivity (Wildman–Crippen MR) is 112 cm³/mol. The molecule has 0 unspecified atom stereocenters. The van der Waals surface area contributed by atoms with Crippen molar-refractivity contribution < 1.29 is 10.1 Å². The molecule has 1 aromatic rings. The van der Waals surface area contributed by atoms with Gasteiger partial charge in [0.1, 0.15) is 17.6 Å². The smallest absolute Gasteiger partial charge is 0.146 e. The number of hydrogen-bond acceptors (Lipinski definition) is 5. The van der Waals surface area contributed by atoms with Gasteiger partial charge in [0.05, 0.1) is 32.1 Å². The molecule has 0 aliphatic carbocycles. The number of nitrogens with two attached hydrogens (primary N) is 1. The minimum Gasteiger partial charge on any atom is -0.492 e. The van der Waals surface area contributed by atoms with Gasteiger partial charge in [-0.25, -0.2) is 0 Å². The molecule has 146 valence electrons. The molecule has 0 bridgehead atoms. The van der Waals surface area contributed by atoms with Crippen LogP contribution in [0.5, 0.6) is 5.75 Å². The van der Waals surface area contributed by atoms with Crippen molar-refractivity contribution in [2.45, 2.75) is 27.7 Å². The molecule has 0 saturated carbocycles. The van der Waals surface area contributed by atoms with Gasteiger partial charge in [0, 0.05) is 38.9 Å². The molecule has 0 amide bonds. The van der Waals surface area contributed by atoms with E-state index in [4.69, 9.17) is 9.84 Å². The van der Waals surface area contributed by atoms with Crippen molar-refractivity contribution in [1.29, 1.82) is 0 Å². The van der Waals surface area contributed by atoms with Crippen LogP contribution in [-0.4, -0.2) is 58.0 Å². The van der Waals surface area contributed by atoms with E-state index in [-0.39, 0.29) is 0 Å². The molecule has 2 N–H and O–H groups in total. The van der Waals surface area contributed by atoms with Gasteiger partial charge in [-0.2, -0.15) is 5.10 Å². The van der Waals surface area contributed by atoms with Gasteiger partial charge < -0.3 is 19.9 Å². The van der Waals surface area contributed by atoms with Crippen LogP contribution in [0.15, 0.2) is 35.7 Å². The van der Waals surface area contributed by atoms with Crippen LogP contribution in [0.25, 0.3) is 0 Å². The van der Waals surface area contributed by atoms with Crippen molar-refractivity contribution in [3.05, 3.63) is 30.6 Å². The van der Waals surface area contributed by atoms with E-state index in [2.05, 4.69) is 41.8 Å². The molecule has 0 heterocycles.